The zero-order valence-electron chi connectivity index (χ0n) is 11.2. The third kappa shape index (κ3) is 2.38. The molecule has 0 aliphatic carbocycles. The summed E-state index contributed by atoms with van der Waals surface area (Å²) >= 11 is 2.41. The quantitative estimate of drug-likeness (QED) is 0.638. The van der Waals surface area contributed by atoms with Gasteiger partial charge < -0.3 is 16.6 Å². The summed E-state index contributed by atoms with van der Waals surface area (Å²) in [6, 6.07) is 0. The second-order valence-electron chi connectivity index (χ2n) is 4.82. The molecule has 0 radical (unpaired) electrons. The molecule has 1 fully saturated rings. The second-order valence-corrected chi connectivity index (χ2v) is 7.04. The monoisotopic (exact) mass is 340 g/mol. The summed E-state index contributed by atoms with van der Waals surface area (Å²) in [4.78, 5) is 40.7. The van der Waals surface area contributed by atoms with Gasteiger partial charge in [-0.25, -0.2) is 9.78 Å². The van der Waals surface area contributed by atoms with E-state index < -0.39 is 17.1 Å². The van der Waals surface area contributed by atoms with Crippen LogP contribution in [0.5, 0.6) is 0 Å². The molecule has 5 N–H and O–H groups in total. The number of carbonyl (C=O) groups excluding carboxylic acids is 2. The number of ketones is 1. The van der Waals surface area contributed by atoms with Crippen molar-refractivity contribution in [2.75, 3.05) is 5.73 Å². The number of nitrogens with two attached hydrogens (primary N) is 2. The third-order valence-electron chi connectivity index (χ3n) is 3.40. The van der Waals surface area contributed by atoms with Gasteiger partial charge in [0.2, 0.25) is 5.91 Å². The number of Topliss-reactive ketones (excluding diaryl/α,β-unsaturated/α-hetero) is 1. The van der Waals surface area contributed by atoms with Crippen LogP contribution in [-0.4, -0.2) is 43.4 Å². The van der Waals surface area contributed by atoms with Crippen LogP contribution in [0.2, 0.25) is 0 Å². The Hall–Kier alpha value is -1.91. The van der Waals surface area contributed by atoms with Crippen LogP contribution in [0.4, 0.5) is 5.13 Å². The van der Waals surface area contributed by atoms with Crippen LogP contribution in [0.25, 0.3) is 0 Å². The number of anilines is 1. The summed E-state index contributed by atoms with van der Waals surface area (Å²) in [6.45, 7) is 0. The standard InChI is InChI=1S/C12H12N4O4S2/c13-10-8(5(17)1-4-3-21-12(14)15-4)9(11(19)20)16-6(18)2-7(16)22-10/h3,7,10H,1-2,13H2,(H2,14,15)(H,19,20). The number of thiazole rings is 1. The smallest absolute Gasteiger partial charge is 0.353 e. The maximum atomic E-state index is 12.5. The molecule has 1 aromatic rings. The Labute approximate surface area is 133 Å². The van der Waals surface area contributed by atoms with Crippen molar-refractivity contribution in [1.82, 2.24) is 9.88 Å². The van der Waals surface area contributed by atoms with E-state index in [1.807, 2.05) is 0 Å². The van der Waals surface area contributed by atoms with Gasteiger partial charge in [0.25, 0.3) is 0 Å². The SMILES string of the molecule is Nc1nc(CC(=O)C2=C(C(=O)O)N3C(=O)CC3SC2N)cs1. The zero-order chi connectivity index (χ0) is 16.0. The Bertz CT molecular complexity index is 714. The molecule has 2 atom stereocenters. The predicted octanol–water partition coefficient (Wildman–Crippen LogP) is -0.234. The number of nitrogens with zero attached hydrogens (tertiary/aromatic N) is 2. The highest BCUT2D eigenvalue weighted by molar-refractivity contribution is 8.00. The van der Waals surface area contributed by atoms with Gasteiger partial charge in [-0.2, -0.15) is 0 Å². The van der Waals surface area contributed by atoms with Crippen molar-refractivity contribution in [2.24, 2.45) is 5.73 Å². The average Bonchev–Trinajstić information content (AvgIpc) is 2.82. The minimum atomic E-state index is -1.32. The minimum absolute atomic E-state index is 0.0478. The van der Waals surface area contributed by atoms with Crippen molar-refractivity contribution in [3.05, 3.63) is 22.3 Å². The van der Waals surface area contributed by atoms with E-state index >= 15 is 0 Å². The highest BCUT2D eigenvalue weighted by atomic mass is 32.2. The lowest BCUT2D eigenvalue weighted by molar-refractivity contribution is -0.146. The Morgan fingerprint density at radius 1 is 1.50 bits per heavy atom. The normalized spacial score (nSPS) is 24.0. The number of rotatable bonds is 4. The molecule has 22 heavy (non-hydrogen) atoms. The van der Waals surface area contributed by atoms with E-state index in [9.17, 15) is 19.5 Å². The van der Waals surface area contributed by atoms with E-state index in [0.717, 1.165) is 4.90 Å². The first-order valence-corrected chi connectivity index (χ1v) is 8.14. The minimum Gasteiger partial charge on any atom is -0.477 e. The fourth-order valence-corrected chi connectivity index (χ4v) is 4.30. The van der Waals surface area contributed by atoms with Crippen molar-refractivity contribution in [2.45, 2.75) is 23.6 Å². The molecule has 0 spiro atoms. The first-order valence-electron chi connectivity index (χ1n) is 6.32. The van der Waals surface area contributed by atoms with Crippen molar-refractivity contribution in [1.29, 1.82) is 0 Å². The molecule has 10 heteroatoms. The number of carbonyl (C=O) groups is 3. The summed E-state index contributed by atoms with van der Waals surface area (Å²) in [7, 11) is 0. The molecule has 2 aliphatic heterocycles. The Morgan fingerprint density at radius 2 is 2.23 bits per heavy atom. The molecule has 0 bridgehead atoms. The maximum absolute atomic E-state index is 12.5. The van der Waals surface area contributed by atoms with Gasteiger partial charge in [-0.1, -0.05) is 0 Å². The van der Waals surface area contributed by atoms with Gasteiger partial charge in [-0.3, -0.25) is 14.5 Å². The molecule has 3 rings (SSSR count). The van der Waals surface area contributed by atoms with Crippen LogP contribution in [-0.2, 0) is 20.8 Å². The van der Waals surface area contributed by atoms with Gasteiger partial charge in [0.1, 0.15) is 5.70 Å². The summed E-state index contributed by atoms with van der Waals surface area (Å²) in [6.07, 6.45) is 0.139. The molecule has 116 valence electrons. The Morgan fingerprint density at radius 3 is 2.77 bits per heavy atom. The Kier molecular flexibility index (Phi) is 3.67. The summed E-state index contributed by atoms with van der Waals surface area (Å²) in [5.74, 6) is -2.10. The Balaban J connectivity index is 1.96. The fourth-order valence-electron chi connectivity index (χ4n) is 2.44. The molecule has 1 amide bonds. The third-order valence-corrected chi connectivity index (χ3v) is 5.35. The number of aromatic nitrogens is 1. The van der Waals surface area contributed by atoms with Crippen molar-refractivity contribution >= 4 is 45.9 Å². The number of carboxylic acid groups (broad SMARTS) is 1. The van der Waals surface area contributed by atoms with E-state index in [1.165, 1.54) is 23.1 Å². The first kappa shape index (κ1) is 15.0. The van der Waals surface area contributed by atoms with Crippen LogP contribution in [0.15, 0.2) is 16.7 Å². The predicted molar refractivity (Wildman–Crippen MR) is 80.7 cm³/mol. The second kappa shape index (κ2) is 5.38. The number of amides is 1. The van der Waals surface area contributed by atoms with Crippen LogP contribution >= 0.6 is 23.1 Å². The molecule has 8 nitrogen and oxygen atoms in total. The van der Waals surface area contributed by atoms with Crippen molar-refractivity contribution < 1.29 is 19.5 Å². The summed E-state index contributed by atoms with van der Waals surface area (Å²) < 4.78 is 0. The first-order chi connectivity index (χ1) is 10.4. The number of β-lactam (4-membered cyclic amide) rings is 1. The highest BCUT2D eigenvalue weighted by Crippen LogP contribution is 2.42. The molecule has 3 heterocycles. The van der Waals surface area contributed by atoms with Crippen LogP contribution in [0, 0.1) is 0 Å². The fraction of sp³-hybridized carbons (Fsp3) is 0.333. The molecular formula is C12H12N4O4S2. The molecule has 0 aromatic carbocycles. The van der Waals surface area contributed by atoms with Gasteiger partial charge in [-0.15, -0.1) is 23.1 Å². The average molecular weight is 340 g/mol. The van der Waals surface area contributed by atoms with Crippen LogP contribution in [0.3, 0.4) is 0 Å². The van der Waals surface area contributed by atoms with E-state index in [2.05, 4.69) is 4.98 Å². The summed E-state index contributed by atoms with van der Waals surface area (Å²) in [5, 5.41) is 10.3. The molecule has 1 saturated heterocycles. The molecule has 1 aromatic heterocycles. The zero-order valence-corrected chi connectivity index (χ0v) is 12.8. The van der Waals surface area contributed by atoms with Crippen LogP contribution < -0.4 is 11.5 Å². The molecule has 2 unspecified atom stereocenters. The largest absolute Gasteiger partial charge is 0.477 e. The number of hydrogen-bond donors (Lipinski definition) is 3. The van der Waals surface area contributed by atoms with Crippen molar-refractivity contribution in [3.63, 3.8) is 0 Å². The van der Waals surface area contributed by atoms with E-state index in [4.69, 9.17) is 11.5 Å². The number of aliphatic carboxylic acids is 1. The number of carboxylic acids is 1. The maximum Gasteiger partial charge on any atom is 0.353 e. The molecule has 0 saturated carbocycles. The topological polar surface area (TPSA) is 140 Å². The van der Waals surface area contributed by atoms with E-state index in [1.54, 1.807) is 5.38 Å². The highest BCUT2D eigenvalue weighted by Gasteiger charge is 2.49. The number of fused-ring (bicyclic) bond motifs is 1. The van der Waals surface area contributed by atoms with Crippen LogP contribution in [0.1, 0.15) is 12.1 Å². The van der Waals surface area contributed by atoms with Crippen molar-refractivity contribution in [3.8, 4) is 0 Å². The molecular weight excluding hydrogens is 328 g/mol. The lowest BCUT2D eigenvalue weighted by Crippen LogP contribution is -2.57. The summed E-state index contributed by atoms with van der Waals surface area (Å²) in [5.41, 5.74) is 11.6. The van der Waals surface area contributed by atoms with Gasteiger partial charge in [0.15, 0.2) is 10.9 Å². The van der Waals surface area contributed by atoms with Gasteiger partial charge in [-0.05, 0) is 0 Å². The van der Waals surface area contributed by atoms with Gasteiger partial charge >= 0.3 is 5.97 Å². The lowest BCUT2D eigenvalue weighted by atomic mass is 10.0. The van der Waals surface area contributed by atoms with E-state index in [-0.39, 0.29) is 35.4 Å². The number of thioether (sulfide) groups is 1. The molecule has 2 aliphatic rings. The number of nitrogen functional groups attached to an aromatic ring is 1. The van der Waals surface area contributed by atoms with Gasteiger partial charge in [0.05, 0.1) is 34.9 Å². The van der Waals surface area contributed by atoms with E-state index in [0.29, 0.717) is 10.8 Å². The van der Waals surface area contributed by atoms with Gasteiger partial charge in [0, 0.05) is 5.38 Å². The lowest BCUT2D eigenvalue weighted by Gasteiger charge is -2.45. The number of hydrogen-bond acceptors (Lipinski definition) is 8.